The Balaban J connectivity index is 2.47. The van der Waals surface area contributed by atoms with Crippen LogP contribution < -0.4 is 0 Å². The summed E-state index contributed by atoms with van der Waals surface area (Å²) in [5.41, 5.74) is -0.509. The first-order chi connectivity index (χ1) is 9.32. The van der Waals surface area contributed by atoms with Crippen LogP contribution in [0.4, 0.5) is 13.2 Å². The third-order valence-corrected chi connectivity index (χ3v) is 3.45. The van der Waals surface area contributed by atoms with E-state index >= 15 is 0 Å². The highest BCUT2D eigenvalue weighted by Crippen LogP contribution is 2.36. The number of hydrogen-bond acceptors (Lipinski definition) is 2. The molecule has 0 aliphatic carbocycles. The van der Waals surface area contributed by atoms with Crippen molar-refractivity contribution in [2.75, 3.05) is 0 Å². The normalized spacial score (nSPS) is 11.7. The minimum absolute atomic E-state index is 0.145. The van der Waals surface area contributed by atoms with E-state index < -0.39 is 11.7 Å². The van der Waals surface area contributed by atoms with E-state index in [9.17, 15) is 18.0 Å². The summed E-state index contributed by atoms with van der Waals surface area (Å²) in [6.45, 7) is 1.69. The predicted molar refractivity (Wildman–Crippen MR) is 71.5 cm³/mol. The van der Waals surface area contributed by atoms with E-state index in [-0.39, 0.29) is 29.3 Å². The summed E-state index contributed by atoms with van der Waals surface area (Å²) >= 11 is 3.18. The Bertz CT molecular complexity index is 644. The van der Waals surface area contributed by atoms with Gasteiger partial charge in [0.05, 0.1) is 5.56 Å². The molecule has 1 heterocycles. The van der Waals surface area contributed by atoms with Gasteiger partial charge in [0, 0.05) is 16.5 Å². The molecule has 20 heavy (non-hydrogen) atoms. The highest BCUT2D eigenvalue weighted by Gasteiger charge is 2.31. The summed E-state index contributed by atoms with van der Waals surface area (Å²) in [7, 11) is 0. The van der Waals surface area contributed by atoms with Gasteiger partial charge in [-0.15, -0.1) is 0 Å². The summed E-state index contributed by atoms with van der Waals surface area (Å²) in [4.78, 5) is 11.5. The summed E-state index contributed by atoms with van der Waals surface area (Å²) in [6, 6.07) is 6.23. The second-order valence-corrected chi connectivity index (χ2v) is 4.99. The van der Waals surface area contributed by atoms with Crippen molar-refractivity contribution in [2.24, 2.45) is 0 Å². The lowest BCUT2D eigenvalue weighted by Crippen LogP contribution is -2.04. The molecule has 0 saturated heterocycles. The molecule has 1 aromatic carbocycles. The maximum Gasteiger partial charge on any atom is 0.416 e. The van der Waals surface area contributed by atoms with Crippen LogP contribution in [0, 0.1) is 0 Å². The SMILES string of the molecule is CCC(=O)c1ccc(-c2cc(C(F)(F)F)ccc2Br)o1. The maximum absolute atomic E-state index is 12.7. The van der Waals surface area contributed by atoms with Gasteiger partial charge in [0.2, 0.25) is 0 Å². The Morgan fingerprint density at radius 3 is 2.55 bits per heavy atom. The standard InChI is InChI=1S/C14H10BrF3O2/c1-2-11(19)13-6-5-12(20-13)9-7-8(14(16,17)18)3-4-10(9)15/h3-7H,2H2,1H3. The van der Waals surface area contributed by atoms with Gasteiger partial charge < -0.3 is 4.42 Å². The molecule has 0 amide bonds. The van der Waals surface area contributed by atoms with E-state index in [2.05, 4.69) is 15.9 Å². The fraction of sp³-hybridized carbons (Fsp3) is 0.214. The van der Waals surface area contributed by atoms with Gasteiger partial charge in [-0.1, -0.05) is 22.9 Å². The Labute approximate surface area is 121 Å². The van der Waals surface area contributed by atoms with Gasteiger partial charge in [-0.3, -0.25) is 4.79 Å². The summed E-state index contributed by atoms with van der Waals surface area (Å²) in [5.74, 6) is 0.172. The Morgan fingerprint density at radius 1 is 1.25 bits per heavy atom. The van der Waals surface area contributed by atoms with E-state index in [1.54, 1.807) is 6.92 Å². The van der Waals surface area contributed by atoms with Crippen LogP contribution in [0.5, 0.6) is 0 Å². The second-order valence-electron chi connectivity index (χ2n) is 4.13. The summed E-state index contributed by atoms with van der Waals surface area (Å²) < 4.78 is 43.9. The third kappa shape index (κ3) is 2.95. The summed E-state index contributed by atoms with van der Waals surface area (Å²) in [6.07, 6.45) is -4.15. The highest BCUT2D eigenvalue weighted by molar-refractivity contribution is 9.10. The molecule has 0 N–H and O–H groups in total. The fourth-order valence-corrected chi connectivity index (χ4v) is 2.14. The first-order valence-electron chi connectivity index (χ1n) is 5.83. The lowest BCUT2D eigenvalue weighted by Gasteiger charge is -2.09. The zero-order valence-electron chi connectivity index (χ0n) is 10.4. The number of benzene rings is 1. The maximum atomic E-state index is 12.7. The Hall–Kier alpha value is -1.56. The number of Topliss-reactive ketones (excluding diaryl/α,β-unsaturated/α-hetero) is 1. The first kappa shape index (κ1) is 14.8. The van der Waals surface area contributed by atoms with Gasteiger partial charge in [0.25, 0.3) is 0 Å². The van der Waals surface area contributed by atoms with Gasteiger partial charge in [-0.25, -0.2) is 0 Å². The smallest absolute Gasteiger partial charge is 0.416 e. The average Bonchev–Trinajstić information content (AvgIpc) is 2.86. The molecule has 0 bridgehead atoms. The second kappa shape index (κ2) is 5.44. The van der Waals surface area contributed by atoms with E-state index in [0.29, 0.717) is 4.47 Å². The molecule has 0 aliphatic heterocycles. The molecule has 0 saturated carbocycles. The van der Waals surface area contributed by atoms with Crippen LogP contribution in [0.25, 0.3) is 11.3 Å². The van der Waals surface area contributed by atoms with Crippen LogP contribution >= 0.6 is 15.9 Å². The van der Waals surface area contributed by atoms with E-state index in [1.165, 1.54) is 18.2 Å². The van der Waals surface area contributed by atoms with Crippen molar-refractivity contribution in [3.63, 3.8) is 0 Å². The van der Waals surface area contributed by atoms with Gasteiger partial charge in [0.15, 0.2) is 11.5 Å². The minimum Gasteiger partial charge on any atom is -0.453 e. The van der Waals surface area contributed by atoms with Crippen molar-refractivity contribution in [2.45, 2.75) is 19.5 Å². The molecule has 6 heteroatoms. The van der Waals surface area contributed by atoms with Crippen LogP contribution in [0.2, 0.25) is 0 Å². The molecular weight excluding hydrogens is 337 g/mol. The van der Waals surface area contributed by atoms with Gasteiger partial charge >= 0.3 is 6.18 Å². The molecular formula is C14H10BrF3O2. The number of carbonyl (C=O) groups excluding carboxylic acids is 1. The van der Waals surface area contributed by atoms with Crippen LogP contribution in [0.1, 0.15) is 29.5 Å². The molecule has 2 rings (SSSR count). The van der Waals surface area contributed by atoms with Crippen molar-refractivity contribution < 1.29 is 22.4 Å². The van der Waals surface area contributed by atoms with Crippen LogP contribution in [-0.4, -0.2) is 5.78 Å². The molecule has 0 spiro atoms. The van der Waals surface area contributed by atoms with Crippen molar-refractivity contribution in [3.8, 4) is 11.3 Å². The minimum atomic E-state index is -4.43. The lowest BCUT2D eigenvalue weighted by atomic mass is 10.1. The van der Waals surface area contributed by atoms with Gasteiger partial charge in [-0.05, 0) is 30.3 Å². The van der Waals surface area contributed by atoms with Crippen LogP contribution in [0.3, 0.4) is 0 Å². The average molecular weight is 347 g/mol. The Morgan fingerprint density at radius 2 is 1.95 bits per heavy atom. The van der Waals surface area contributed by atoms with Crippen molar-refractivity contribution in [1.29, 1.82) is 0 Å². The van der Waals surface area contributed by atoms with Crippen LogP contribution in [0.15, 0.2) is 39.2 Å². The largest absolute Gasteiger partial charge is 0.453 e. The topological polar surface area (TPSA) is 30.2 Å². The number of rotatable bonds is 3. The van der Waals surface area contributed by atoms with E-state index in [0.717, 1.165) is 12.1 Å². The zero-order chi connectivity index (χ0) is 14.9. The highest BCUT2D eigenvalue weighted by atomic mass is 79.9. The van der Waals surface area contributed by atoms with Crippen molar-refractivity contribution >= 4 is 21.7 Å². The number of halogens is 4. The number of furan rings is 1. The molecule has 2 aromatic rings. The van der Waals surface area contributed by atoms with Crippen molar-refractivity contribution in [3.05, 3.63) is 46.1 Å². The van der Waals surface area contributed by atoms with Crippen LogP contribution in [-0.2, 0) is 6.18 Å². The number of hydrogen-bond donors (Lipinski definition) is 0. The molecule has 0 aliphatic rings. The first-order valence-corrected chi connectivity index (χ1v) is 6.62. The molecule has 0 atom stereocenters. The lowest BCUT2D eigenvalue weighted by molar-refractivity contribution is -0.137. The molecule has 1 aromatic heterocycles. The monoisotopic (exact) mass is 346 g/mol. The predicted octanol–water partition coefficient (Wildman–Crippen LogP) is 5.32. The molecule has 0 radical (unpaired) electrons. The van der Waals surface area contributed by atoms with E-state index in [4.69, 9.17) is 4.42 Å². The molecule has 0 unspecified atom stereocenters. The quantitative estimate of drug-likeness (QED) is 0.704. The molecule has 0 fully saturated rings. The molecule has 106 valence electrons. The van der Waals surface area contributed by atoms with Gasteiger partial charge in [-0.2, -0.15) is 13.2 Å². The van der Waals surface area contributed by atoms with E-state index in [1.807, 2.05) is 0 Å². The number of ketones is 1. The molecule has 2 nitrogen and oxygen atoms in total. The van der Waals surface area contributed by atoms with Gasteiger partial charge in [0.1, 0.15) is 5.76 Å². The Kier molecular flexibility index (Phi) is 4.04. The third-order valence-electron chi connectivity index (χ3n) is 2.76. The number of alkyl halides is 3. The number of carbonyl (C=O) groups is 1. The van der Waals surface area contributed by atoms with Crippen molar-refractivity contribution in [1.82, 2.24) is 0 Å². The fourth-order valence-electron chi connectivity index (χ4n) is 1.70. The zero-order valence-corrected chi connectivity index (χ0v) is 12.0. The summed E-state index contributed by atoms with van der Waals surface area (Å²) in [5, 5.41) is 0.